The van der Waals surface area contributed by atoms with Crippen LogP contribution in [-0.2, 0) is 53.0 Å². The van der Waals surface area contributed by atoms with Crippen LogP contribution in [0.25, 0.3) is 11.0 Å². The third kappa shape index (κ3) is 13.1. The van der Waals surface area contributed by atoms with Crippen LogP contribution in [-0.4, -0.2) is 181 Å². The number of hydrogen-bond acceptors (Lipinski definition) is 16. The molecule has 3 aliphatic rings. The molecule has 6 rings (SSSR count). The summed E-state index contributed by atoms with van der Waals surface area (Å²) in [4.78, 5) is 73.4. The molecule has 5 amide bonds. The molecule has 1 aromatic heterocycles. The number of benzene rings is 2. The van der Waals surface area contributed by atoms with Gasteiger partial charge in [0.25, 0.3) is 17.7 Å². The summed E-state index contributed by atoms with van der Waals surface area (Å²) in [5, 5.41) is 5.34. The number of imide groups is 2. The van der Waals surface area contributed by atoms with E-state index in [0.29, 0.717) is 129 Å². The largest absolute Gasteiger partial charge is 0.382 e. The fraction of sp³-hybridized carbons (Fsp3) is 0.591. The number of aromatic nitrogens is 2. The minimum Gasteiger partial charge on any atom is -0.382 e. The molecule has 2 fully saturated rings. The highest BCUT2D eigenvalue weighted by atomic mass is 16.6. The molecule has 3 aliphatic heterocycles. The van der Waals surface area contributed by atoms with Crippen LogP contribution in [0.15, 0.2) is 36.4 Å². The highest BCUT2D eigenvalue weighted by Gasteiger charge is 2.45. The van der Waals surface area contributed by atoms with E-state index in [1.807, 2.05) is 12.1 Å². The molecule has 2 atom stereocenters. The lowest BCUT2D eigenvalue weighted by Gasteiger charge is -2.33. The molecule has 3 aromatic rings. The zero-order valence-corrected chi connectivity index (χ0v) is 36.5. The Kier molecular flexibility index (Phi) is 18.9. The number of nitrogens with one attached hydrogen (secondary N) is 3. The lowest BCUT2D eigenvalue weighted by Crippen LogP contribution is -2.54. The van der Waals surface area contributed by atoms with Crippen LogP contribution in [0.5, 0.6) is 0 Å². The van der Waals surface area contributed by atoms with E-state index in [-0.39, 0.29) is 29.5 Å². The highest BCUT2D eigenvalue weighted by molar-refractivity contribution is 6.25. The molecule has 20 heteroatoms. The van der Waals surface area contributed by atoms with E-state index in [9.17, 15) is 24.0 Å². The van der Waals surface area contributed by atoms with Crippen molar-refractivity contribution < 1.29 is 61.9 Å². The maximum absolute atomic E-state index is 13.2. The van der Waals surface area contributed by atoms with E-state index in [4.69, 9.17) is 48.6 Å². The molecule has 0 bridgehead atoms. The first-order valence-corrected chi connectivity index (χ1v) is 21.9. The maximum atomic E-state index is 13.2. The summed E-state index contributed by atoms with van der Waals surface area (Å²) >= 11 is 0. The SMILES string of the molecule is C[C@]1(c2nc3c(C(N)=O)cccc3[nH]2)CCCN1CCOCCOCCOCCOCCOCCOCCOCCOCCNc1cccc2c1C(=O)N(C1CCC(=O)NC1=O)C2=O. The summed E-state index contributed by atoms with van der Waals surface area (Å²) in [6, 6.07) is 9.32. The van der Waals surface area contributed by atoms with Crippen molar-refractivity contribution in [3.63, 3.8) is 0 Å². The van der Waals surface area contributed by atoms with E-state index in [0.717, 1.165) is 42.2 Å². The van der Waals surface area contributed by atoms with Crippen molar-refractivity contribution in [3.8, 4) is 0 Å². The van der Waals surface area contributed by atoms with Crippen molar-refractivity contribution in [1.29, 1.82) is 0 Å². The average molecular weight is 896 g/mol. The van der Waals surface area contributed by atoms with Crippen molar-refractivity contribution in [2.24, 2.45) is 5.73 Å². The van der Waals surface area contributed by atoms with Gasteiger partial charge >= 0.3 is 0 Å². The van der Waals surface area contributed by atoms with Crippen LogP contribution in [0.2, 0.25) is 0 Å². The standard InChI is InChI=1S/C44H61N7O13/c1-44(43-47-34-8-3-6-32(39(45)53)38(34)49-43)11-4-13-50(44)14-16-58-18-20-60-22-24-62-26-28-64-30-29-63-27-25-61-23-21-59-19-17-57-15-12-46-33-7-2-5-31-37(33)42(56)51(41(31)55)35-9-10-36(52)48-40(35)54/h2-3,5-8,35,46H,4,9-30H2,1H3,(H2,45,53)(H,47,49)(H,48,52,54)/t35?,44-/m1/s1. The van der Waals surface area contributed by atoms with Crippen molar-refractivity contribution in [1.82, 2.24) is 25.1 Å². The Morgan fingerprint density at radius 1 is 0.766 bits per heavy atom. The zero-order chi connectivity index (χ0) is 45.2. The van der Waals surface area contributed by atoms with Crippen LogP contribution in [0.4, 0.5) is 5.69 Å². The topological polar surface area (TPSA) is 244 Å². The van der Waals surface area contributed by atoms with Crippen molar-refractivity contribution in [3.05, 3.63) is 58.9 Å². The zero-order valence-electron chi connectivity index (χ0n) is 36.5. The first kappa shape index (κ1) is 48.6. The number of imidazole rings is 1. The number of likely N-dealkylation sites (tertiary alicyclic amines) is 1. The number of piperidine rings is 1. The second-order valence-electron chi connectivity index (χ2n) is 15.5. The number of amides is 5. The van der Waals surface area contributed by atoms with Crippen molar-refractivity contribution in [2.75, 3.05) is 131 Å². The van der Waals surface area contributed by atoms with E-state index < -0.39 is 35.6 Å². The number of ether oxygens (including phenoxy) is 8. The fourth-order valence-corrected chi connectivity index (χ4v) is 7.87. The van der Waals surface area contributed by atoms with Gasteiger partial charge < -0.3 is 53.9 Å². The summed E-state index contributed by atoms with van der Waals surface area (Å²) in [6.45, 7) is 11.4. The summed E-state index contributed by atoms with van der Waals surface area (Å²) < 4.78 is 44.8. The van der Waals surface area contributed by atoms with Crippen LogP contribution >= 0.6 is 0 Å². The summed E-state index contributed by atoms with van der Waals surface area (Å²) in [5.41, 5.74) is 8.02. The van der Waals surface area contributed by atoms with Crippen LogP contribution in [0, 0.1) is 0 Å². The van der Waals surface area contributed by atoms with Crippen LogP contribution in [0.3, 0.4) is 0 Å². The minimum absolute atomic E-state index is 0.0619. The number of H-pyrrole nitrogens is 1. The lowest BCUT2D eigenvalue weighted by atomic mass is 9.98. The number of nitrogens with two attached hydrogens (primary N) is 1. The number of anilines is 1. The summed E-state index contributed by atoms with van der Waals surface area (Å²) in [6.07, 6.45) is 2.17. The van der Waals surface area contributed by atoms with Crippen molar-refractivity contribution >= 4 is 46.3 Å². The van der Waals surface area contributed by atoms with Gasteiger partial charge in [0, 0.05) is 25.2 Å². The highest BCUT2D eigenvalue weighted by Crippen LogP contribution is 2.38. The fourth-order valence-electron chi connectivity index (χ4n) is 7.87. The molecule has 4 heterocycles. The maximum Gasteiger partial charge on any atom is 0.264 e. The van der Waals surface area contributed by atoms with Gasteiger partial charge in [-0.3, -0.25) is 39.1 Å². The average Bonchev–Trinajstić information content (AvgIpc) is 3.97. The quantitative estimate of drug-likeness (QED) is 0.0530. The molecule has 64 heavy (non-hydrogen) atoms. The monoisotopic (exact) mass is 895 g/mol. The van der Waals surface area contributed by atoms with Gasteiger partial charge in [-0.25, -0.2) is 4.98 Å². The van der Waals surface area contributed by atoms with Gasteiger partial charge in [0.15, 0.2) is 0 Å². The molecular weight excluding hydrogens is 835 g/mol. The first-order chi connectivity index (χ1) is 31.2. The normalized spacial score (nSPS) is 19.0. The Morgan fingerprint density at radius 3 is 1.91 bits per heavy atom. The summed E-state index contributed by atoms with van der Waals surface area (Å²) in [7, 11) is 0. The number of primary amides is 1. The second kappa shape index (κ2) is 25.0. The number of aromatic amines is 1. The third-order valence-electron chi connectivity index (χ3n) is 11.2. The predicted octanol–water partition coefficient (Wildman–Crippen LogP) is 1.62. The molecule has 0 spiro atoms. The Balaban J connectivity index is 0.669. The predicted molar refractivity (Wildman–Crippen MR) is 231 cm³/mol. The Morgan fingerprint density at radius 2 is 1.33 bits per heavy atom. The van der Waals surface area contributed by atoms with Gasteiger partial charge in [-0.2, -0.15) is 0 Å². The third-order valence-corrected chi connectivity index (χ3v) is 11.2. The Bertz CT molecular complexity index is 2030. The molecule has 350 valence electrons. The Labute approximate surface area is 372 Å². The molecule has 2 aromatic carbocycles. The molecule has 20 nitrogen and oxygen atoms in total. The van der Waals surface area contributed by atoms with E-state index in [1.165, 1.54) is 0 Å². The molecule has 1 unspecified atom stereocenters. The van der Waals surface area contributed by atoms with Crippen LogP contribution in [0.1, 0.15) is 69.5 Å². The van der Waals surface area contributed by atoms with Gasteiger partial charge in [-0.1, -0.05) is 12.1 Å². The Hall–Kier alpha value is -4.90. The number of carbonyl (C=O) groups excluding carboxylic acids is 5. The first-order valence-electron chi connectivity index (χ1n) is 21.9. The van der Waals surface area contributed by atoms with Gasteiger partial charge in [0.1, 0.15) is 17.4 Å². The van der Waals surface area contributed by atoms with Gasteiger partial charge in [-0.05, 0) is 57.0 Å². The van der Waals surface area contributed by atoms with Gasteiger partial charge in [0.05, 0.1) is 133 Å². The lowest BCUT2D eigenvalue weighted by molar-refractivity contribution is -0.136. The number of carbonyl (C=O) groups is 5. The smallest absolute Gasteiger partial charge is 0.264 e. The van der Waals surface area contributed by atoms with E-state index in [2.05, 4.69) is 27.4 Å². The van der Waals surface area contributed by atoms with Gasteiger partial charge in [0.2, 0.25) is 11.8 Å². The molecule has 5 N–H and O–H groups in total. The van der Waals surface area contributed by atoms with E-state index >= 15 is 0 Å². The minimum atomic E-state index is -1.02. The molecule has 2 saturated heterocycles. The molecule has 0 aliphatic carbocycles. The van der Waals surface area contributed by atoms with Crippen LogP contribution < -0.4 is 16.4 Å². The number of nitrogens with zero attached hydrogens (tertiary/aromatic N) is 3. The number of hydrogen-bond donors (Lipinski definition) is 4. The number of rotatable bonds is 31. The molecule has 0 saturated carbocycles. The summed E-state index contributed by atoms with van der Waals surface area (Å²) in [5.74, 6) is -1.83. The van der Waals surface area contributed by atoms with Crippen molar-refractivity contribution in [2.45, 2.75) is 44.2 Å². The van der Waals surface area contributed by atoms with E-state index in [1.54, 1.807) is 24.3 Å². The van der Waals surface area contributed by atoms with Gasteiger partial charge in [-0.15, -0.1) is 0 Å². The second-order valence-corrected chi connectivity index (χ2v) is 15.5. The molecule has 0 radical (unpaired) electrons. The number of para-hydroxylation sites is 1. The molecular formula is C44H61N7O13. The number of fused-ring (bicyclic) bond motifs is 2.